The van der Waals surface area contributed by atoms with Gasteiger partial charge in [0.15, 0.2) is 5.78 Å². The van der Waals surface area contributed by atoms with Gasteiger partial charge in [0.2, 0.25) is 0 Å². The molecule has 0 aromatic rings. The first kappa shape index (κ1) is 16.2. The number of carbonyl (C=O) groups is 2. The highest BCUT2D eigenvalue weighted by Gasteiger charge is 2.37. The Bertz CT molecular complexity index is 322. The molecule has 0 radical (unpaired) electrons. The minimum atomic E-state index is -1.12. The van der Waals surface area contributed by atoms with Gasteiger partial charge in [0.25, 0.3) is 0 Å². The monoisotopic (exact) mass is 270 g/mol. The van der Waals surface area contributed by atoms with Crippen molar-refractivity contribution < 1.29 is 19.1 Å². The third-order valence-electron chi connectivity index (χ3n) is 3.94. The summed E-state index contributed by atoms with van der Waals surface area (Å²) in [5, 5.41) is 0. The van der Waals surface area contributed by atoms with Crippen molar-refractivity contribution >= 4 is 11.8 Å². The molecule has 0 aromatic heterocycles. The summed E-state index contributed by atoms with van der Waals surface area (Å²) >= 11 is 0. The summed E-state index contributed by atoms with van der Waals surface area (Å²) in [4.78, 5) is 23.8. The molecule has 0 bridgehead atoms. The fourth-order valence-electron chi connectivity index (χ4n) is 2.32. The van der Waals surface area contributed by atoms with E-state index in [1.165, 1.54) is 6.42 Å². The van der Waals surface area contributed by atoms with E-state index < -0.39 is 11.4 Å². The van der Waals surface area contributed by atoms with Crippen LogP contribution in [0, 0.1) is 11.3 Å². The highest BCUT2D eigenvalue weighted by atomic mass is 16.5. The van der Waals surface area contributed by atoms with Gasteiger partial charge < -0.3 is 9.47 Å². The second kappa shape index (κ2) is 7.04. The summed E-state index contributed by atoms with van der Waals surface area (Å²) < 4.78 is 10.6. The van der Waals surface area contributed by atoms with Crippen LogP contribution in [-0.4, -0.2) is 31.1 Å². The molecule has 4 heteroatoms. The summed E-state index contributed by atoms with van der Waals surface area (Å²) in [5.74, 6) is -0.184. The van der Waals surface area contributed by atoms with Gasteiger partial charge >= 0.3 is 5.97 Å². The van der Waals surface area contributed by atoms with Crippen LogP contribution in [0.15, 0.2) is 0 Å². The molecule has 0 aliphatic heterocycles. The number of ketones is 1. The third kappa shape index (κ3) is 4.30. The van der Waals surface area contributed by atoms with Crippen LogP contribution in [0.25, 0.3) is 0 Å². The molecule has 1 fully saturated rings. The Kier molecular flexibility index (Phi) is 5.98. The molecule has 110 valence electrons. The van der Waals surface area contributed by atoms with Crippen molar-refractivity contribution in [1.82, 2.24) is 0 Å². The molecule has 1 saturated carbocycles. The van der Waals surface area contributed by atoms with Crippen molar-refractivity contribution in [2.45, 2.75) is 59.5 Å². The van der Waals surface area contributed by atoms with Crippen LogP contribution >= 0.6 is 0 Å². The van der Waals surface area contributed by atoms with E-state index in [2.05, 4.69) is 6.92 Å². The predicted octanol–water partition coefficient (Wildman–Crippen LogP) is 2.74. The van der Waals surface area contributed by atoms with E-state index in [-0.39, 0.29) is 25.1 Å². The molecule has 19 heavy (non-hydrogen) atoms. The molecule has 0 amide bonds. The van der Waals surface area contributed by atoms with Crippen LogP contribution in [0.3, 0.4) is 0 Å². The van der Waals surface area contributed by atoms with E-state index in [1.807, 2.05) is 0 Å². The summed E-state index contributed by atoms with van der Waals surface area (Å²) in [5.41, 5.74) is -1.12. The lowest BCUT2D eigenvalue weighted by molar-refractivity contribution is -0.160. The molecule has 0 spiro atoms. The largest absolute Gasteiger partial charge is 0.465 e. The lowest BCUT2D eigenvalue weighted by Crippen LogP contribution is -2.39. The first-order valence-corrected chi connectivity index (χ1v) is 7.21. The highest BCUT2D eigenvalue weighted by Crippen LogP contribution is 2.27. The van der Waals surface area contributed by atoms with E-state index >= 15 is 0 Å². The molecule has 2 unspecified atom stereocenters. The van der Waals surface area contributed by atoms with Crippen molar-refractivity contribution in [3.05, 3.63) is 0 Å². The smallest absolute Gasteiger partial charge is 0.319 e. The van der Waals surface area contributed by atoms with Gasteiger partial charge in [-0.2, -0.15) is 0 Å². The Morgan fingerprint density at radius 3 is 2.42 bits per heavy atom. The minimum Gasteiger partial charge on any atom is -0.465 e. The number of rotatable bonds is 6. The van der Waals surface area contributed by atoms with Crippen molar-refractivity contribution in [2.24, 2.45) is 11.3 Å². The molecular formula is C15H26O4. The molecule has 1 aliphatic rings. The zero-order valence-corrected chi connectivity index (χ0v) is 12.5. The van der Waals surface area contributed by atoms with E-state index in [0.717, 1.165) is 19.3 Å². The average Bonchev–Trinajstić information content (AvgIpc) is 2.37. The van der Waals surface area contributed by atoms with Crippen LogP contribution in [-0.2, 0) is 19.1 Å². The number of hydrogen-bond acceptors (Lipinski definition) is 4. The van der Waals surface area contributed by atoms with Crippen molar-refractivity contribution in [2.75, 3.05) is 13.2 Å². The van der Waals surface area contributed by atoms with E-state index in [0.29, 0.717) is 5.92 Å². The maximum absolute atomic E-state index is 12.1. The molecule has 4 nitrogen and oxygen atoms in total. The third-order valence-corrected chi connectivity index (χ3v) is 3.94. The van der Waals surface area contributed by atoms with Gasteiger partial charge in [0.1, 0.15) is 12.0 Å². The van der Waals surface area contributed by atoms with Crippen LogP contribution in [0.5, 0.6) is 0 Å². The van der Waals surface area contributed by atoms with Gasteiger partial charge in [-0.25, -0.2) is 0 Å². The SMILES string of the molecule is CCOC(=O)C(C)(C)C(=O)COC1CCCCC1C. The molecule has 1 aliphatic carbocycles. The topological polar surface area (TPSA) is 52.6 Å². The van der Waals surface area contributed by atoms with Gasteiger partial charge in [-0.15, -0.1) is 0 Å². The molecule has 0 N–H and O–H groups in total. The van der Waals surface area contributed by atoms with Crippen LogP contribution < -0.4 is 0 Å². The quantitative estimate of drug-likeness (QED) is 0.550. The van der Waals surface area contributed by atoms with Crippen molar-refractivity contribution in [3.8, 4) is 0 Å². The van der Waals surface area contributed by atoms with Crippen LogP contribution in [0.4, 0.5) is 0 Å². The number of esters is 1. The molecule has 0 heterocycles. The fourth-order valence-corrected chi connectivity index (χ4v) is 2.32. The lowest BCUT2D eigenvalue weighted by atomic mass is 9.87. The summed E-state index contributed by atoms with van der Waals surface area (Å²) in [6.45, 7) is 7.38. The highest BCUT2D eigenvalue weighted by molar-refractivity contribution is 6.03. The van der Waals surface area contributed by atoms with Gasteiger partial charge in [-0.3, -0.25) is 9.59 Å². The van der Waals surface area contributed by atoms with Crippen molar-refractivity contribution in [3.63, 3.8) is 0 Å². The molecule has 0 saturated heterocycles. The van der Waals surface area contributed by atoms with Crippen LogP contribution in [0.2, 0.25) is 0 Å². The summed E-state index contributed by atoms with van der Waals surface area (Å²) in [7, 11) is 0. The molecule has 2 atom stereocenters. The number of carbonyl (C=O) groups excluding carboxylic acids is 2. The van der Waals surface area contributed by atoms with E-state index in [9.17, 15) is 9.59 Å². The second-order valence-electron chi connectivity index (χ2n) is 5.88. The zero-order valence-electron chi connectivity index (χ0n) is 12.5. The Balaban J connectivity index is 2.47. The summed E-state index contributed by atoms with van der Waals surface area (Å²) in [6, 6.07) is 0. The van der Waals surface area contributed by atoms with Crippen LogP contribution in [0.1, 0.15) is 53.4 Å². The summed E-state index contributed by atoms with van der Waals surface area (Å²) in [6.07, 6.45) is 4.71. The normalized spacial score (nSPS) is 24.0. The Labute approximate surface area is 115 Å². The number of Topliss-reactive ketones (excluding diaryl/α,β-unsaturated/α-hetero) is 1. The second-order valence-corrected chi connectivity index (χ2v) is 5.88. The standard InChI is InChI=1S/C15H26O4/c1-5-18-14(17)15(3,4)13(16)10-19-12-9-7-6-8-11(12)2/h11-12H,5-10H2,1-4H3. The molecule has 1 rings (SSSR count). The number of hydrogen-bond donors (Lipinski definition) is 0. The van der Waals surface area contributed by atoms with E-state index in [4.69, 9.17) is 9.47 Å². The Morgan fingerprint density at radius 1 is 1.21 bits per heavy atom. The predicted molar refractivity (Wildman–Crippen MR) is 72.8 cm³/mol. The van der Waals surface area contributed by atoms with E-state index in [1.54, 1.807) is 20.8 Å². The molecular weight excluding hydrogens is 244 g/mol. The van der Waals surface area contributed by atoms with Crippen molar-refractivity contribution in [1.29, 1.82) is 0 Å². The number of ether oxygens (including phenoxy) is 2. The van der Waals surface area contributed by atoms with Gasteiger partial charge in [-0.1, -0.05) is 19.8 Å². The van der Waals surface area contributed by atoms with Gasteiger partial charge in [0, 0.05) is 0 Å². The first-order valence-electron chi connectivity index (χ1n) is 7.21. The van der Waals surface area contributed by atoms with Gasteiger partial charge in [0.05, 0.1) is 12.7 Å². The Morgan fingerprint density at radius 2 is 1.84 bits per heavy atom. The minimum absolute atomic E-state index is 0.000814. The lowest BCUT2D eigenvalue weighted by Gasteiger charge is -2.29. The molecule has 0 aromatic carbocycles. The zero-order chi connectivity index (χ0) is 14.5. The Hall–Kier alpha value is -0.900. The maximum atomic E-state index is 12.1. The van der Waals surface area contributed by atoms with Gasteiger partial charge in [-0.05, 0) is 39.5 Å². The first-order chi connectivity index (χ1) is 8.89. The fraction of sp³-hybridized carbons (Fsp3) is 0.867. The average molecular weight is 270 g/mol. The maximum Gasteiger partial charge on any atom is 0.319 e.